The fourth-order valence-corrected chi connectivity index (χ4v) is 0. The fourth-order valence-electron chi connectivity index (χ4n) is 0. The van der Waals surface area contributed by atoms with Crippen molar-refractivity contribution in [2.24, 2.45) is 5.92 Å². The largest absolute Gasteiger partial charge is 0.251 e. The zero-order valence-corrected chi connectivity index (χ0v) is 3.66. The summed E-state index contributed by atoms with van der Waals surface area (Å²) in [6, 6.07) is 0. The molecule has 0 N–H and O–H groups in total. The Morgan fingerprint density at radius 2 is 1.43 bits per heavy atom. The molecule has 0 aromatic heterocycles. The SMILES string of the molecule is C.C.CC(C)C[18F]. The molecule has 0 saturated heterocycles. The van der Waals surface area contributed by atoms with E-state index in [0.29, 0.717) is 0 Å². The van der Waals surface area contributed by atoms with Crippen molar-refractivity contribution in [2.75, 3.05) is 6.67 Å². The standard InChI is InChI=1S/C4H9F.2CH4/c1-4(2)3-5;;/h4H,3H2,1-2H3;2*1H4/i5-1;;. The molecule has 0 saturated carbocycles. The zero-order chi connectivity index (χ0) is 4.28. The third kappa shape index (κ3) is 24.6. The molecule has 0 bridgehead atoms. The van der Waals surface area contributed by atoms with Gasteiger partial charge in [0.1, 0.15) is 0 Å². The van der Waals surface area contributed by atoms with Gasteiger partial charge < -0.3 is 0 Å². The monoisotopic (exact) mass is 107 g/mol. The molecular weight excluding hydrogens is 90.1 g/mol. The van der Waals surface area contributed by atoms with E-state index < -0.39 is 0 Å². The first-order chi connectivity index (χ1) is 2.27. The van der Waals surface area contributed by atoms with E-state index in [-0.39, 0.29) is 27.4 Å². The zero-order valence-electron chi connectivity index (χ0n) is 3.66. The molecule has 0 rings (SSSR count). The minimum atomic E-state index is -0.194. The van der Waals surface area contributed by atoms with Crippen molar-refractivity contribution in [3.8, 4) is 0 Å². The predicted molar refractivity (Wildman–Crippen MR) is 34.3 cm³/mol. The van der Waals surface area contributed by atoms with Gasteiger partial charge in [0.15, 0.2) is 0 Å². The average molecular weight is 107 g/mol. The van der Waals surface area contributed by atoms with Crippen LogP contribution < -0.4 is 0 Å². The molecule has 0 atom stereocenters. The lowest BCUT2D eigenvalue weighted by molar-refractivity contribution is 0.404. The van der Waals surface area contributed by atoms with E-state index in [9.17, 15) is 4.39 Å². The first-order valence-electron chi connectivity index (χ1n) is 1.83. The lowest BCUT2D eigenvalue weighted by Crippen LogP contribution is -1.84. The van der Waals surface area contributed by atoms with Gasteiger partial charge in [-0.15, -0.1) is 0 Å². The minimum Gasteiger partial charge on any atom is -0.251 e. The van der Waals surface area contributed by atoms with Crippen LogP contribution in [0, 0.1) is 5.92 Å². The number of alkyl halides is 1. The molecule has 48 valence electrons. The summed E-state index contributed by atoms with van der Waals surface area (Å²) in [6.07, 6.45) is 0. The number of hydrogen-bond acceptors (Lipinski definition) is 0. The molecule has 1 heteroatoms. The van der Waals surface area contributed by atoms with Crippen molar-refractivity contribution in [3.63, 3.8) is 0 Å². The summed E-state index contributed by atoms with van der Waals surface area (Å²) in [7, 11) is 0. The molecule has 0 aliphatic rings. The summed E-state index contributed by atoms with van der Waals surface area (Å²) in [6.45, 7) is 3.50. The van der Waals surface area contributed by atoms with Crippen molar-refractivity contribution in [1.29, 1.82) is 0 Å². The van der Waals surface area contributed by atoms with Crippen LogP contribution in [0.25, 0.3) is 0 Å². The summed E-state index contributed by atoms with van der Waals surface area (Å²) < 4.78 is 11.1. The van der Waals surface area contributed by atoms with Crippen molar-refractivity contribution in [3.05, 3.63) is 0 Å². The molecule has 0 fully saturated rings. The topological polar surface area (TPSA) is 0 Å². The van der Waals surface area contributed by atoms with Crippen molar-refractivity contribution >= 4 is 0 Å². The maximum absolute atomic E-state index is 11.1. The summed E-state index contributed by atoms with van der Waals surface area (Å²) in [5.74, 6) is 0.218. The van der Waals surface area contributed by atoms with E-state index >= 15 is 0 Å². The third-order valence-corrected chi connectivity index (χ3v) is 0.309. The van der Waals surface area contributed by atoms with E-state index in [1.54, 1.807) is 0 Å². The summed E-state index contributed by atoms with van der Waals surface area (Å²) >= 11 is 0. The van der Waals surface area contributed by atoms with Crippen LogP contribution in [0.1, 0.15) is 28.7 Å². The molecule has 0 spiro atoms. The predicted octanol–water partition coefficient (Wildman–Crippen LogP) is 2.88. The Bertz CT molecular complexity index is 18.1. The second-order valence-corrected chi connectivity index (χ2v) is 1.55. The number of hydrogen-bond donors (Lipinski definition) is 0. The van der Waals surface area contributed by atoms with E-state index in [4.69, 9.17) is 0 Å². The molecule has 0 aromatic rings. The van der Waals surface area contributed by atoms with Gasteiger partial charge in [0.2, 0.25) is 0 Å². The Labute approximate surface area is 46.7 Å². The molecule has 0 amide bonds. The van der Waals surface area contributed by atoms with Crippen LogP contribution in [0.15, 0.2) is 0 Å². The molecule has 0 radical (unpaired) electrons. The number of rotatable bonds is 1. The molecule has 0 heterocycles. The van der Waals surface area contributed by atoms with Gasteiger partial charge in [-0.2, -0.15) is 0 Å². The summed E-state index contributed by atoms with van der Waals surface area (Å²) in [5, 5.41) is 0. The average Bonchev–Trinajstić information content (AvgIpc) is 1.38. The maximum Gasteiger partial charge on any atom is 0.0917 e. The van der Waals surface area contributed by atoms with Crippen molar-refractivity contribution in [2.45, 2.75) is 28.7 Å². The Morgan fingerprint density at radius 3 is 1.43 bits per heavy atom. The lowest BCUT2D eigenvalue weighted by atomic mass is 10.3. The Balaban J connectivity index is -0.0000000800. The van der Waals surface area contributed by atoms with Crippen LogP contribution in [0.3, 0.4) is 0 Å². The Kier molecular flexibility index (Phi) is 21.0. The smallest absolute Gasteiger partial charge is 0.0917 e. The quantitative estimate of drug-likeness (QED) is 0.483. The second kappa shape index (κ2) is 9.33. The molecule has 0 unspecified atom stereocenters. The van der Waals surface area contributed by atoms with Gasteiger partial charge in [-0.1, -0.05) is 28.7 Å². The normalized spacial score (nSPS) is 6.86. The Hall–Kier alpha value is -0.0700. The maximum atomic E-state index is 11.1. The summed E-state index contributed by atoms with van der Waals surface area (Å²) in [5.41, 5.74) is 0. The van der Waals surface area contributed by atoms with Crippen LogP contribution >= 0.6 is 0 Å². The fraction of sp³-hybridized carbons (Fsp3) is 1.00. The van der Waals surface area contributed by atoms with E-state index in [0.717, 1.165) is 0 Å². The second-order valence-electron chi connectivity index (χ2n) is 1.55. The van der Waals surface area contributed by atoms with Crippen LogP contribution in [0.4, 0.5) is 4.39 Å². The van der Waals surface area contributed by atoms with Crippen molar-refractivity contribution < 1.29 is 4.39 Å². The molecule has 0 aliphatic heterocycles. The molecule has 0 nitrogen and oxygen atoms in total. The molecular formula is C6H17F. The van der Waals surface area contributed by atoms with Gasteiger partial charge in [-0.3, -0.25) is 4.39 Å². The number of halogens is 1. The summed E-state index contributed by atoms with van der Waals surface area (Å²) in [4.78, 5) is 0. The molecule has 0 aliphatic carbocycles. The van der Waals surface area contributed by atoms with Crippen LogP contribution in [0.2, 0.25) is 0 Å². The highest BCUT2D eigenvalue weighted by atomic mass is 18.2. The van der Waals surface area contributed by atoms with Gasteiger partial charge in [0.05, 0.1) is 6.67 Å². The highest BCUT2D eigenvalue weighted by Gasteiger charge is 1.83. The van der Waals surface area contributed by atoms with Gasteiger partial charge in [0.25, 0.3) is 0 Å². The van der Waals surface area contributed by atoms with E-state index in [1.165, 1.54) is 0 Å². The lowest BCUT2D eigenvalue weighted by Gasteiger charge is -1.87. The van der Waals surface area contributed by atoms with Gasteiger partial charge in [-0.25, -0.2) is 0 Å². The van der Waals surface area contributed by atoms with Gasteiger partial charge in [-0.05, 0) is 5.92 Å². The molecule has 7 heavy (non-hydrogen) atoms. The highest BCUT2D eigenvalue weighted by molar-refractivity contribution is 4.33. The molecule has 0 aromatic carbocycles. The van der Waals surface area contributed by atoms with E-state index in [2.05, 4.69) is 0 Å². The van der Waals surface area contributed by atoms with Gasteiger partial charge >= 0.3 is 0 Å². The van der Waals surface area contributed by atoms with Crippen LogP contribution in [-0.2, 0) is 0 Å². The first-order valence-corrected chi connectivity index (χ1v) is 1.83. The van der Waals surface area contributed by atoms with Crippen LogP contribution in [0.5, 0.6) is 0 Å². The third-order valence-electron chi connectivity index (χ3n) is 0.309. The minimum absolute atomic E-state index is 0. The van der Waals surface area contributed by atoms with Crippen LogP contribution in [-0.4, -0.2) is 6.67 Å². The first kappa shape index (κ1) is 15.8. The van der Waals surface area contributed by atoms with Gasteiger partial charge in [0, 0.05) is 0 Å². The highest BCUT2D eigenvalue weighted by Crippen LogP contribution is 1.88. The Morgan fingerprint density at radius 1 is 1.29 bits per heavy atom. The van der Waals surface area contributed by atoms with Crippen molar-refractivity contribution in [1.82, 2.24) is 0 Å². The van der Waals surface area contributed by atoms with E-state index in [1.807, 2.05) is 13.8 Å².